The molecule has 0 aromatic heterocycles. The maximum Gasteiger partial charge on any atom is 0.161 e. The summed E-state index contributed by atoms with van der Waals surface area (Å²) < 4.78 is 11.5. The van der Waals surface area contributed by atoms with Gasteiger partial charge in [0.15, 0.2) is 11.5 Å². The summed E-state index contributed by atoms with van der Waals surface area (Å²) >= 11 is 3.53. The van der Waals surface area contributed by atoms with Crippen molar-refractivity contribution in [3.63, 3.8) is 0 Å². The zero-order valence-electron chi connectivity index (χ0n) is 10.6. The number of likely N-dealkylation sites (N-methyl/N-ethyl adjacent to an activating group) is 1. The second-order valence-electron chi connectivity index (χ2n) is 3.75. The Labute approximate surface area is 111 Å². The zero-order valence-corrected chi connectivity index (χ0v) is 12.2. The Balaban J connectivity index is 3.12. The van der Waals surface area contributed by atoms with Crippen LogP contribution in [0.5, 0.6) is 11.5 Å². The second-order valence-corrected chi connectivity index (χ2v) is 4.60. The highest BCUT2D eigenvalue weighted by Crippen LogP contribution is 2.34. The van der Waals surface area contributed by atoms with Crippen LogP contribution in [0.2, 0.25) is 0 Å². The number of halogens is 1. The molecule has 0 amide bonds. The largest absolute Gasteiger partial charge is 0.493 e. The van der Waals surface area contributed by atoms with Gasteiger partial charge in [-0.05, 0) is 31.7 Å². The van der Waals surface area contributed by atoms with Gasteiger partial charge in [0.05, 0.1) is 14.2 Å². The Bertz CT molecular complexity index is 416. The number of nitrogens with one attached hydrogen (secondary N) is 1. The summed E-state index contributed by atoms with van der Waals surface area (Å²) in [6.07, 6.45) is 2.11. The Hall–Kier alpha value is -1.00. The third-order valence-corrected chi connectivity index (χ3v) is 3.05. The molecule has 0 aliphatic carbocycles. The first kappa shape index (κ1) is 14.1. The van der Waals surface area contributed by atoms with Gasteiger partial charge >= 0.3 is 0 Å². The first-order valence-corrected chi connectivity index (χ1v) is 6.15. The lowest BCUT2D eigenvalue weighted by Gasteiger charge is -2.10. The van der Waals surface area contributed by atoms with Crippen LogP contribution in [0.25, 0.3) is 6.08 Å². The zero-order chi connectivity index (χ0) is 12.8. The van der Waals surface area contributed by atoms with E-state index in [1.807, 2.05) is 19.2 Å². The van der Waals surface area contributed by atoms with Gasteiger partial charge in [-0.3, -0.25) is 0 Å². The van der Waals surface area contributed by atoms with Crippen molar-refractivity contribution in [3.05, 3.63) is 27.7 Å². The van der Waals surface area contributed by atoms with Crippen LogP contribution in [-0.2, 0) is 0 Å². The SMILES string of the molecule is CNCC(C)=Cc1cc(OC)c(OC)cc1Br. The number of methoxy groups -OCH3 is 2. The molecule has 0 aliphatic rings. The van der Waals surface area contributed by atoms with E-state index in [-0.39, 0.29) is 0 Å². The first-order valence-electron chi connectivity index (χ1n) is 5.35. The molecule has 3 nitrogen and oxygen atoms in total. The fourth-order valence-corrected chi connectivity index (χ4v) is 2.01. The monoisotopic (exact) mass is 299 g/mol. The van der Waals surface area contributed by atoms with E-state index in [1.165, 1.54) is 5.57 Å². The third-order valence-electron chi connectivity index (χ3n) is 2.36. The molecule has 17 heavy (non-hydrogen) atoms. The molecule has 1 rings (SSSR count). The number of hydrogen-bond donors (Lipinski definition) is 1. The van der Waals surface area contributed by atoms with Crippen LogP contribution >= 0.6 is 15.9 Å². The number of hydrogen-bond acceptors (Lipinski definition) is 3. The maximum absolute atomic E-state index is 5.28. The van der Waals surface area contributed by atoms with Gasteiger partial charge in [0.1, 0.15) is 0 Å². The lowest BCUT2D eigenvalue weighted by atomic mass is 10.1. The average molecular weight is 300 g/mol. The molecule has 0 atom stereocenters. The minimum Gasteiger partial charge on any atom is -0.493 e. The van der Waals surface area contributed by atoms with Gasteiger partial charge in [0, 0.05) is 11.0 Å². The summed E-state index contributed by atoms with van der Waals surface area (Å²) in [6.45, 7) is 2.94. The molecule has 4 heteroatoms. The normalized spacial score (nSPS) is 11.5. The minimum atomic E-state index is 0.725. The van der Waals surface area contributed by atoms with Crippen molar-refractivity contribution in [3.8, 4) is 11.5 Å². The highest BCUT2D eigenvalue weighted by molar-refractivity contribution is 9.10. The fraction of sp³-hybridized carbons (Fsp3) is 0.385. The minimum absolute atomic E-state index is 0.725. The Morgan fingerprint density at radius 3 is 2.41 bits per heavy atom. The van der Waals surface area contributed by atoms with E-state index in [2.05, 4.69) is 34.2 Å². The van der Waals surface area contributed by atoms with E-state index in [4.69, 9.17) is 9.47 Å². The number of ether oxygens (including phenoxy) is 2. The van der Waals surface area contributed by atoms with E-state index in [0.717, 1.165) is 28.1 Å². The van der Waals surface area contributed by atoms with Gasteiger partial charge in [-0.1, -0.05) is 27.6 Å². The standard InChI is InChI=1S/C13H18BrNO2/c1-9(8-15-2)5-10-6-12(16-3)13(17-4)7-11(10)14/h5-7,15H,8H2,1-4H3. The molecule has 0 radical (unpaired) electrons. The topological polar surface area (TPSA) is 30.5 Å². The van der Waals surface area contributed by atoms with E-state index in [1.54, 1.807) is 14.2 Å². The van der Waals surface area contributed by atoms with Gasteiger partial charge < -0.3 is 14.8 Å². The molecule has 0 saturated carbocycles. The summed E-state index contributed by atoms with van der Waals surface area (Å²) in [5.74, 6) is 1.46. The van der Waals surface area contributed by atoms with Crippen molar-refractivity contribution in [1.29, 1.82) is 0 Å². The molecule has 0 heterocycles. The van der Waals surface area contributed by atoms with Crippen molar-refractivity contribution in [2.45, 2.75) is 6.92 Å². The van der Waals surface area contributed by atoms with Gasteiger partial charge in [0.2, 0.25) is 0 Å². The van der Waals surface area contributed by atoms with E-state index in [9.17, 15) is 0 Å². The van der Waals surface area contributed by atoms with Crippen molar-refractivity contribution in [1.82, 2.24) is 5.32 Å². The molecule has 1 N–H and O–H groups in total. The molecule has 1 aromatic carbocycles. The van der Waals surface area contributed by atoms with E-state index in [0.29, 0.717) is 0 Å². The van der Waals surface area contributed by atoms with Gasteiger partial charge in [-0.2, -0.15) is 0 Å². The molecule has 0 spiro atoms. The summed E-state index contributed by atoms with van der Waals surface area (Å²) in [4.78, 5) is 0. The lowest BCUT2D eigenvalue weighted by Crippen LogP contribution is -2.08. The Morgan fingerprint density at radius 2 is 1.88 bits per heavy atom. The number of rotatable bonds is 5. The molecule has 0 bridgehead atoms. The average Bonchev–Trinajstić information content (AvgIpc) is 2.31. The third kappa shape index (κ3) is 3.75. The molecule has 0 unspecified atom stereocenters. The van der Waals surface area contributed by atoms with Crippen LogP contribution < -0.4 is 14.8 Å². The predicted octanol–water partition coefficient (Wildman–Crippen LogP) is 3.09. The van der Waals surface area contributed by atoms with Crippen LogP contribution in [0.4, 0.5) is 0 Å². The molecular weight excluding hydrogens is 282 g/mol. The fourth-order valence-electron chi connectivity index (χ4n) is 1.58. The molecule has 1 aromatic rings. The summed E-state index contributed by atoms with van der Waals surface area (Å²) in [6, 6.07) is 3.87. The summed E-state index contributed by atoms with van der Waals surface area (Å²) in [5, 5.41) is 3.12. The van der Waals surface area contributed by atoms with Crippen LogP contribution in [0, 0.1) is 0 Å². The molecule has 0 aliphatic heterocycles. The smallest absolute Gasteiger partial charge is 0.161 e. The van der Waals surface area contributed by atoms with Gasteiger partial charge in [-0.15, -0.1) is 0 Å². The predicted molar refractivity (Wildman–Crippen MR) is 74.8 cm³/mol. The van der Waals surface area contributed by atoms with Crippen LogP contribution in [0.15, 0.2) is 22.2 Å². The Morgan fingerprint density at radius 1 is 1.29 bits per heavy atom. The lowest BCUT2D eigenvalue weighted by molar-refractivity contribution is 0.354. The quantitative estimate of drug-likeness (QED) is 0.906. The maximum atomic E-state index is 5.28. The Kier molecular flexibility index (Phi) is 5.51. The summed E-state index contributed by atoms with van der Waals surface area (Å²) in [5.41, 5.74) is 2.33. The van der Waals surface area contributed by atoms with Crippen molar-refractivity contribution in [2.75, 3.05) is 27.8 Å². The second kappa shape index (κ2) is 6.67. The highest BCUT2D eigenvalue weighted by Gasteiger charge is 2.08. The molecule has 0 fully saturated rings. The molecule has 94 valence electrons. The first-order chi connectivity index (χ1) is 8.12. The van der Waals surface area contributed by atoms with Crippen molar-refractivity contribution >= 4 is 22.0 Å². The van der Waals surface area contributed by atoms with Crippen LogP contribution in [0.3, 0.4) is 0 Å². The summed E-state index contributed by atoms with van der Waals surface area (Å²) in [7, 11) is 5.20. The van der Waals surface area contributed by atoms with Crippen LogP contribution in [0.1, 0.15) is 12.5 Å². The molecule has 0 saturated heterocycles. The van der Waals surface area contributed by atoms with Crippen molar-refractivity contribution < 1.29 is 9.47 Å². The molecular formula is C13H18BrNO2. The van der Waals surface area contributed by atoms with Crippen LogP contribution in [-0.4, -0.2) is 27.8 Å². The number of benzene rings is 1. The van der Waals surface area contributed by atoms with Gasteiger partial charge in [-0.25, -0.2) is 0 Å². The van der Waals surface area contributed by atoms with E-state index < -0.39 is 0 Å². The van der Waals surface area contributed by atoms with Crippen molar-refractivity contribution in [2.24, 2.45) is 0 Å². The van der Waals surface area contributed by atoms with E-state index >= 15 is 0 Å². The van der Waals surface area contributed by atoms with Gasteiger partial charge in [0.25, 0.3) is 0 Å². The highest BCUT2D eigenvalue weighted by atomic mass is 79.9.